The highest BCUT2D eigenvalue weighted by molar-refractivity contribution is 9.11. The molecule has 0 aliphatic carbocycles. The summed E-state index contributed by atoms with van der Waals surface area (Å²) in [4.78, 5) is 4.39. The lowest BCUT2D eigenvalue weighted by atomic mass is 10.1. The molecule has 2 aromatic rings. The lowest BCUT2D eigenvalue weighted by molar-refractivity contribution is 0.414. The van der Waals surface area contributed by atoms with E-state index in [1.807, 2.05) is 18.2 Å². The number of hydrogen-bond acceptors (Lipinski definition) is 3. The number of aromatic nitrogens is 1. The first-order chi connectivity index (χ1) is 9.60. The van der Waals surface area contributed by atoms with E-state index in [0.717, 1.165) is 20.4 Å². The zero-order valence-electron chi connectivity index (χ0n) is 11.4. The van der Waals surface area contributed by atoms with E-state index in [1.54, 1.807) is 13.3 Å². The molecule has 1 aromatic carbocycles. The van der Waals surface area contributed by atoms with E-state index in [4.69, 9.17) is 4.74 Å². The molecule has 0 saturated heterocycles. The standard InChI is InChI=1S/C15H16Br2N2O/c1-10(11-3-5-13(20-2)6-4-11)18-9-15-14(17)7-12(16)8-19-15/h3-8,10,18H,9H2,1-2H3/t10-/m0/s1. The summed E-state index contributed by atoms with van der Waals surface area (Å²) in [6, 6.07) is 10.3. The van der Waals surface area contributed by atoms with E-state index < -0.39 is 0 Å². The van der Waals surface area contributed by atoms with Gasteiger partial charge in [0, 0.05) is 27.7 Å². The van der Waals surface area contributed by atoms with Gasteiger partial charge in [0.15, 0.2) is 0 Å². The fraction of sp³-hybridized carbons (Fsp3) is 0.267. The number of hydrogen-bond donors (Lipinski definition) is 1. The summed E-state index contributed by atoms with van der Waals surface area (Å²) in [6.07, 6.45) is 1.81. The molecular weight excluding hydrogens is 384 g/mol. The molecule has 1 aromatic heterocycles. The number of nitrogens with zero attached hydrogens (tertiary/aromatic N) is 1. The van der Waals surface area contributed by atoms with Crippen LogP contribution in [0.2, 0.25) is 0 Å². The van der Waals surface area contributed by atoms with Gasteiger partial charge in [0.1, 0.15) is 5.75 Å². The van der Waals surface area contributed by atoms with Gasteiger partial charge in [0.25, 0.3) is 0 Å². The van der Waals surface area contributed by atoms with E-state index in [-0.39, 0.29) is 6.04 Å². The van der Waals surface area contributed by atoms with Crippen LogP contribution < -0.4 is 10.1 Å². The third-order valence-electron chi connectivity index (χ3n) is 3.08. The van der Waals surface area contributed by atoms with Gasteiger partial charge in [-0.05, 0) is 62.5 Å². The van der Waals surface area contributed by atoms with Crippen LogP contribution in [0.25, 0.3) is 0 Å². The largest absolute Gasteiger partial charge is 0.497 e. The molecule has 3 nitrogen and oxygen atoms in total. The average molecular weight is 400 g/mol. The number of nitrogens with one attached hydrogen (secondary N) is 1. The van der Waals surface area contributed by atoms with Gasteiger partial charge in [0.05, 0.1) is 12.8 Å². The van der Waals surface area contributed by atoms with Crippen molar-refractivity contribution in [3.05, 3.63) is 56.7 Å². The molecule has 0 aliphatic heterocycles. The van der Waals surface area contributed by atoms with Crippen molar-refractivity contribution in [1.29, 1.82) is 0 Å². The molecular formula is C15H16Br2N2O. The van der Waals surface area contributed by atoms with Crippen LogP contribution in [0.4, 0.5) is 0 Å². The Morgan fingerprint density at radius 3 is 2.55 bits per heavy atom. The van der Waals surface area contributed by atoms with Crippen LogP contribution in [0.5, 0.6) is 5.75 Å². The van der Waals surface area contributed by atoms with Gasteiger partial charge < -0.3 is 10.1 Å². The number of halogens is 2. The van der Waals surface area contributed by atoms with Gasteiger partial charge in [-0.2, -0.15) is 0 Å². The van der Waals surface area contributed by atoms with Crippen molar-refractivity contribution in [3.8, 4) is 5.75 Å². The first-order valence-electron chi connectivity index (χ1n) is 6.27. The minimum Gasteiger partial charge on any atom is -0.497 e. The Morgan fingerprint density at radius 1 is 1.25 bits per heavy atom. The third-order valence-corrected chi connectivity index (χ3v) is 4.20. The number of pyridine rings is 1. The normalized spacial score (nSPS) is 12.2. The van der Waals surface area contributed by atoms with Crippen LogP contribution in [-0.2, 0) is 6.54 Å². The first kappa shape index (κ1) is 15.5. The predicted octanol–water partition coefficient (Wildman–Crippen LogP) is 4.47. The van der Waals surface area contributed by atoms with Gasteiger partial charge in [-0.1, -0.05) is 12.1 Å². The van der Waals surface area contributed by atoms with E-state index in [0.29, 0.717) is 6.54 Å². The molecule has 0 amide bonds. The predicted molar refractivity (Wildman–Crippen MR) is 87.9 cm³/mol. The fourth-order valence-electron chi connectivity index (χ4n) is 1.83. The van der Waals surface area contributed by atoms with Crippen LogP contribution in [-0.4, -0.2) is 12.1 Å². The zero-order chi connectivity index (χ0) is 14.5. The molecule has 0 bridgehead atoms. The quantitative estimate of drug-likeness (QED) is 0.805. The van der Waals surface area contributed by atoms with E-state index in [9.17, 15) is 0 Å². The second-order valence-corrected chi connectivity index (χ2v) is 6.23. The monoisotopic (exact) mass is 398 g/mol. The van der Waals surface area contributed by atoms with Crippen LogP contribution in [0.3, 0.4) is 0 Å². The molecule has 0 saturated carbocycles. The first-order valence-corrected chi connectivity index (χ1v) is 7.86. The van der Waals surface area contributed by atoms with Crippen LogP contribution in [0, 0.1) is 0 Å². The SMILES string of the molecule is COc1ccc([C@H](C)NCc2ncc(Br)cc2Br)cc1. The maximum absolute atomic E-state index is 5.16. The molecule has 0 fully saturated rings. The van der Waals surface area contributed by atoms with Crippen molar-refractivity contribution in [2.24, 2.45) is 0 Å². The summed E-state index contributed by atoms with van der Waals surface area (Å²) in [5.41, 5.74) is 2.22. The van der Waals surface area contributed by atoms with E-state index in [1.165, 1.54) is 5.56 Å². The lowest BCUT2D eigenvalue weighted by Crippen LogP contribution is -2.19. The van der Waals surface area contributed by atoms with Crippen LogP contribution in [0.15, 0.2) is 45.5 Å². The van der Waals surface area contributed by atoms with Gasteiger partial charge in [-0.25, -0.2) is 0 Å². The number of ether oxygens (including phenoxy) is 1. The van der Waals surface area contributed by atoms with Crippen LogP contribution >= 0.6 is 31.9 Å². The summed E-state index contributed by atoms with van der Waals surface area (Å²) in [6.45, 7) is 2.84. The highest BCUT2D eigenvalue weighted by Gasteiger charge is 2.07. The molecule has 1 heterocycles. The maximum Gasteiger partial charge on any atom is 0.118 e. The molecule has 20 heavy (non-hydrogen) atoms. The molecule has 106 valence electrons. The van der Waals surface area contributed by atoms with Crippen molar-refractivity contribution in [2.75, 3.05) is 7.11 Å². The summed E-state index contributed by atoms with van der Waals surface area (Å²) in [5, 5.41) is 3.46. The summed E-state index contributed by atoms with van der Waals surface area (Å²) in [7, 11) is 1.67. The Labute approximate surface area is 136 Å². The molecule has 0 aliphatic rings. The molecule has 2 rings (SSSR count). The zero-order valence-corrected chi connectivity index (χ0v) is 14.5. The second kappa shape index (κ2) is 7.20. The molecule has 0 unspecified atom stereocenters. The van der Waals surface area contributed by atoms with E-state index in [2.05, 4.69) is 61.2 Å². The summed E-state index contributed by atoms with van der Waals surface area (Å²) in [5.74, 6) is 0.873. The third kappa shape index (κ3) is 4.04. The molecule has 5 heteroatoms. The molecule has 1 atom stereocenters. The minimum absolute atomic E-state index is 0.248. The molecule has 0 radical (unpaired) electrons. The topological polar surface area (TPSA) is 34.1 Å². The van der Waals surface area contributed by atoms with Crippen molar-refractivity contribution in [2.45, 2.75) is 19.5 Å². The van der Waals surface area contributed by atoms with Gasteiger partial charge in [0.2, 0.25) is 0 Å². The fourth-order valence-corrected chi connectivity index (χ4v) is 2.96. The van der Waals surface area contributed by atoms with Gasteiger partial charge >= 0.3 is 0 Å². The molecule has 1 N–H and O–H groups in total. The number of methoxy groups -OCH3 is 1. The second-order valence-electron chi connectivity index (χ2n) is 4.46. The average Bonchev–Trinajstić information content (AvgIpc) is 2.46. The van der Waals surface area contributed by atoms with Crippen molar-refractivity contribution >= 4 is 31.9 Å². The van der Waals surface area contributed by atoms with Crippen molar-refractivity contribution in [1.82, 2.24) is 10.3 Å². The Balaban J connectivity index is 1.98. The maximum atomic E-state index is 5.16. The smallest absolute Gasteiger partial charge is 0.118 e. The van der Waals surface area contributed by atoms with Gasteiger partial charge in [-0.15, -0.1) is 0 Å². The summed E-state index contributed by atoms with van der Waals surface area (Å²) < 4.78 is 7.13. The minimum atomic E-state index is 0.248. The van der Waals surface area contributed by atoms with Crippen molar-refractivity contribution in [3.63, 3.8) is 0 Å². The Hall–Kier alpha value is -0.910. The van der Waals surface area contributed by atoms with Crippen molar-refractivity contribution < 1.29 is 4.74 Å². The highest BCUT2D eigenvalue weighted by Crippen LogP contribution is 2.21. The van der Waals surface area contributed by atoms with E-state index >= 15 is 0 Å². The van der Waals surface area contributed by atoms with Gasteiger partial charge in [-0.3, -0.25) is 4.98 Å². The Morgan fingerprint density at radius 2 is 1.95 bits per heavy atom. The Bertz CT molecular complexity index is 573. The molecule has 0 spiro atoms. The number of rotatable bonds is 5. The lowest BCUT2D eigenvalue weighted by Gasteiger charge is -2.15. The Kier molecular flexibility index (Phi) is 5.57. The number of benzene rings is 1. The highest BCUT2D eigenvalue weighted by atomic mass is 79.9. The summed E-state index contributed by atoms with van der Waals surface area (Å²) >= 11 is 6.93. The van der Waals surface area contributed by atoms with Crippen LogP contribution in [0.1, 0.15) is 24.2 Å².